The molecule has 0 spiro atoms. The molecule has 28 heavy (non-hydrogen) atoms. The van der Waals surface area contributed by atoms with E-state index in [9.17, 15) is 29.8 Å². The second-order valence-electron chi connectivity index (χ2n) is 6.57. The van der Waals surface area contributed by atoms with Crippen LogP contribution < -0.4 is 0 Å². The van der Waals surface area contributed by atoms with E-state index in [2.05, 4.69) is 0 Å². The van der Waals surface area contributed by atoms with Crippen molar-refractivity contribution in [1.29, 1.82) is 0 Å². The third-order valence-corrected chi connectivity index (χ3v) is 4.73. The molecule has 0 radical (unpaired) electrons. The van der Waals surface area contributed by atoms with Crippen LogP contribution in [-0.4, -0.2) is 40.0 Å². The van der Waals surface area contributed by atoms with Gasteiger partial charge in [0.05, 0.1) is 15.4 Å². The second kappa shape index (κ2) is 7.18. The fraction of sp³-hybridized carbons (Fsp3) is 0.263. The molecule has 0 N–H and O–H groups in total. The fourth-order valence-corrected chi connectivity index (χ4v) is 3.27. The minimum absolute atomic E-state index is 0.0111. The van der Waals surface area contributed by atoms with Gasteiger partial charge in [0.1, 0.15) is 0 Å². The third kappa shape index (κ3) is 3.11. The van der Waals surface area contributed by atoms with Crippen molar-refractivity contribution < 1.29 is 19.4 Å². The molecule has 9 heteroatoms. The number of non-ortho nitro benzene ring substituents is 2. The minimum atomic E-state index is -0.665. The molecule has 9 nitrogen and oxygen atoms in total. The predicted molar refractivity (Wildman–Crippen MR) is 100 cm³/mol. The van der Waals surface area contributed by atoms with Crippen LogP contribution in [0.5, 0.6) is 0 Å². The van der Waals surface area contributed by atoms with Crippen LogP contribution in [0.1, 0.15) is 46.0 Å². The maximum Gasteiger partial charge on any atom is 0.271 e. The Morgan fingerprint density at radius 2 is 1.64 bits per heavy atom. The summed E-state index contributed by atoms with van der Waals surface area (Å²) < 4.78 is 0. The first kappa shape index (κ1) is 19.2. The van der Waals surface area contributed by atoms with Crippen molar-refractivity contribution in [2.24, 2.45) is 0 Å². The van der Waals surface area contributed by atoms with Crippen molar-refractivity contribution in [3.8, 4) is 11.1 Å². The van der Waals surface area contributed by atoms with Crippen LogP contribution in [0.4, 0.5) is 11.4 Å². The largest absolute Gasteiger partial charge is 0.342 e. The highest BCUT2D eigenvalue weighted by Crippen LogP contribution is 2.42. The molecule has 3 rings (SSSR count). The monoisotopic (exact) mass is 383 g/mol. The fourth-order valence-electron chi connectivity index (χ4n) is 3.27. The van der Waals surface area contributed by atoms with E-state index in [0.717, 1.165) is 31.0 Å². The molecule has 0 bridgehead atoms. The van der Waals surface area contributed by atoms with E-state index in [1.165, 1.54) is 17.0 Å². The number of ketones is 1. The Bertz CT molecular complexity index is 1030. The van der Waals surface area contributed by atoms with Gasteiger partial charge >= 0.3 is 0 Å². The number of nitro benzene ring substituents is 2. The summed E-state index contributed by atoms with van der Waals surface area (Å²) >= 11 is 0. The van der Waals surface area contributed by atoms with E-state index >= 15 is 0 Å². The maximum absolute atomic E-state index is 13.0. The number of carbonyl (C=O) groups is 2. The van der Waals surface area contributed by atoms with E-state index in [0.29, 0.717) is 12.1 Å². The molecule has 2 aromatic rings. The van der Waals surface area contributed by atoms with Crippen molar-refractivity contribution in [1.82, 2.24) is 4.90 Å². The van der Waals surface area contributed by atoms with Gasteiger partial charge in [0.2, 0.25) is 0 Å². The zero-order valence-corrected chi connectivity index (χ0v) is 15.3. The number of nitrogens with zero attached hydrogens (tertiary/aromatic N) is 3. The summed E-state index contributed by atoms with van der Waals surface area (Å²) in [5.41, 5.74) is 0.140. The topological polar surface area (TPSA) is 124 Å². The highest BCUT2D eigenvalue weighted by molar-refractivity contribution is 6.25. The molecule has 144 valence electrons. The van der Waals surface area contributed by atoms with E-state index in [1.807, 2.05) is 6.92 Å². The van der Waals surface area contributed by atoms with Gasteiger partial charge in [-0.3, -0.25) is 29.8 Å². The summed E-state index contributed by atoms with van der Waals surface area (Å²) in [5.74, 6) is -1.00. The van der Waals surface area contributed by atoms with Crippen LogP contribution in [0.2, 0.25) is 0 Å². The molecule has 0 fully saturated rings. The van der Waals surface area contributed by atoms with E-state index < -0.39 is 21.5 Å². The SMILES string of the molecule is CCCCN(C)C(=O)c1cc([N+](=O)[O-])cc2c1-c1ccc([N+](=O)[O-])cc1C2=O. The molecule has 0 unspecified atom stereocenters. The van der Waals surface area contributed by atoms with Crippen LogP contribution in [0, 0.1) is 20.2 Å². The number of carbonyl (C=O) groups excluding carboxylic acids is 2. The number of hydrogen-bond acceptors (Lipinski definition) is 6. The molecule has 0 saturated heterocycles. The van der Waals surface area contributed by atoms with Crippen molar-refractivity contribution in [2.75, 3.05) is 13.6 Å². The lowest BCUT2D eigenvalue weighted by Gasteiger charge is -2.18. The molecule has 2 aromatic carbocycles. The number of nitro groups is 2. The van der Waals surface area contributed by atoms with Gasteiger partial charge in [0.15, 0.2) is 5.78 Å². The molecule has 0 aromatic heterocycles. The van der Waals surface area contributed by atoms with Gasteiger partial charge in [0, 0.05) is 54.5 Å². The van der Waals surface area contributed by atoms with Crippen LogP contribution in [0.25, 0.3) is 11.1 Å². The zero-order valence-electron chi connectivity index (χ0n) is 15.3. The van der Waals surface area contributed by atoms with E-state index in [4.69, 9.17) is 0 Å². The number of unbranched alkanes of at least 4 members (excludes halogenated alkanes) is 1. The third-order valence-electron chi connectivity index (χ3n) is 4.73. The molecule has 0 saturated carbocycles. The molecular formula is C19H17N3O6. The first-order valence-corrected chi connectivity index (χ1v) is 8.67. The molecule has 0 aliphatic heterocycles. The number of amides is 1. The van der Waals surface area contributed by atoms with Crippen molar-refractivity contribution >= 4 is 23.1 Å². The van der Waals surface area contributed by atoms with Gasteiger partial charge in [-0.15, -0.1) is 0 Å². The predicted octanol–water partition coefficient (Wildman–Crippen LogP) is 3.59. The normalized spacial score (nSPS) is 11.7. The zero-order chi connectivity index (χ0) is 20.6. The van der Waals surface area contributed by atoms with Gasteiger partial charge in [-0.1, -0.05) is 13.3 Å². The lowest BCUT2D eigenvalue weighted by molar-refractivity contribution is -0.385. The number of hydrogen-bond donors (Lipinski definition) is 0. The maximum atomic E-state index is 13.0. The average Bonchev–Trinajstić information content (AvgIpc) is 2.96. The van der Waals surface area contributed by atoms with Crippen molar-refractivity contribution in [3.63, 3.8) is 0 Å². The van der Waals surface area contributed by atoms with Crippen LogP contribution in [-0.2, 0) is 0 Å². The summed E-state index contributed by atoms with van der Waals surface area (Å²) in [7, 11) is 1.59. The quantitative estimate of drug-likeness (QED) is 0.473. The summed E-state index contributed by atoms with van der Waals surface area (Å²) in [6.45, 7) is 2.44. The Kier molecular flexibility index (Phi) is 4.91. The van der Waals surface area contributed by atoms with Crippen LogP contribution in [0.3, 0.4) is 0 Å². The first-order chi connectivity index (χ1) is 13.3. The van der Waals surface area contributed by atoms with Crippen LogP contribution >= 0.6 is 0 Å². The van der Waals surface area contributed by atoms with E-state index in [1.54, 1.807) is 7.05 Å². The van der Waals surface area contributed by atoms with Gasteiger partial charge in [-0.2, -0.15) is 0 Å². The Hall–Kier alpha value is -3.62. The van der Waals surface area contributed by atoms with Gasteiger partial charge < -0.3 is 4.90 Å². The Morgan fingerprint density at radius 1 is 1.00 bits per heavy atom. The summed E-state index contributed by atoms with van der Waals surface area (Å²) in [4.78, 5) is 48.3. The van der Waals surface area contributed by atoms with Gasteiger partial charge in [0.25, 0.3) is 17.3 Å². The average molecular weight is 383 g/mol. The lowest BCUT2D eigenvalue weighted by Crippen LogP contribution is -2.28. The molecule has 0 atom stereocenters. The molecule has 1 amide bonds. The van der Waals surface area contributed by atoms with Crippen molar-refractivity contribution in [2.45, 2.75) is 19.8 Å². The van der Waals surface area contributed by atoms with Gasteiger partial charge in [-0.05, 0) is 18.1 Å². The summed E-state index contributed by atoms with van der Waals surface area (Å²) in [6, 6.07) is 6.07. The Balaban J connectivity index is 2.21. The summed E-state index contributed by atoms with van der Waals surface area (Å²) in [6.07, 6.45) is 1.64. The number of benzene rings is 2. The Morgan fingerprint density at radius 3 is 2.25 bits per heavy atom. The second-order valence-corrected chi connectivity index (χ2v) is 6.57. The highest BCUT2D eigenvalue weighted by Gasteiger charge is 2.35. The molecule has 1 aliphatic rings. The van der Waals surface area contributed by atoms with Crippen LogP contribution in [0.15, 0.2) is 30.3 Å². The first-order valence-electron chi connectivity index (χ1n) is 8.67. The number of fused-ring (bicyclic) bond motifs is 3. The number of rotatable bonds is 6. The lowest BCUT2D eigenvalue weighted by atomic mass is 9.97. The highest BCUT2D eigenvalue weighted by atomic mass is 16.6. The molecular weight excluding hydrogens is 366 g/mol. The Labute approximate surface area is 159 Å². The van der Waals surface area contributed by atoms with Gasteiger partial charge in [-0.25, -0.2) is 0 Å². The smallest absolute Gasteiger partial charge is 0.271 e. The molecule has 1 aliphatic carbocycles. The standard InChI is InChI=1S/C19H17N3O6/c1-3-4-7-20(2)19(24)16-10-12(22(27)28)9-15-17(16)13-6-5-11(21(25)26)8-14(13)18(15)23/h5-6,8-10H,3-4,7H2,1-2H3. The summed E-state index contributed by atoms with van der Waals surface area (Å²) in [5, 5.41) is 22.4. The van der Waals surface area contributed by atoms with Crippen molar-refractivity contribution in [3.05, 3.63) is 67.3 Å². The molecule has 0 heterocycles. The van der Waals surface area contributed by atoms with E-state index in [-0.39, 0.29) is 33.6 Å². The minimum Gasteiger partial charge on any atom is -0.342 e.